The first-order valence-electron chi connectivity index (χ1n) is 8.81. The van der Waals surface area contributed by atoms with Gasteiger partial charge in [0.05, 0.1) is 19.3 Å². The molecule has 142 valence electrons. The van der Waals surface area contributed by atoms with E-state index in [4.69, 9.17) is 9.16 Å². The van der Waals surface area contributed by atoms with Crippen molar-refractivity contribution in [1.82, 2.24) is 9.78 Å². The lowest BCUT2D eigenvalue weighted by atomic mass is 10.2. The number of hydrogen-bond donors (Lipinski definition) is 0. The van der Waals surface area contributed by atoms with Crippen molar-refractivity contribution in [2.45, 2.75) is 45.4 Å². The van der Waals surface area contributed by atoms with Crippen LogP contribution >= 0.6 is 0 Å². The molecule has 0 saturated heterocycles. The van der Waals surface area contributed by atoms with E-state index in [9.17, 15) is 4.39 Å². The molecule has 2 rings (SSSR count). The zero-order chi connectivity index (χ0) is 19.4. The second-order valence-electron chi connectivity index (χ2n) is 7.80. The number of rotatable bonds is 7. The van der Waals surface area contributed by atoms with E-state index >= 15 is 0 Å². The highest BCUT2D eigenvalue weighted by molar-refractivity contribution is 6.74. The summed E-state index contributed by atoms with van der Waals surface area (Å²) in [4.78, 5) is 0. The molecule has 1 aromatic carbocycles. The highest BCUT2D eigenvalue weighted by atomic mass is 28.4. The van der Waals surface area contributed by atoms with E-state index in [0.717, 1.165) is 22.8 Å². The van der Waals surface area contributed by atoms with Crippen molar-refractivity contribution in [2.24, 2.45) is 0 Å². The molecule has 0 amide bonds. The predicted octanol–water partition coefficient (Wildman–Crippen LogP) is 5.42. The van der Waals surface area contributed by atoms with Crippen LogP contribution in [0.1, 0.15) is 32.0 Å². The average molecular weight is 377 g/mol. The number of nitrogens with zero attached hydrogens (tertiary/aromatic N) is 2. The number of halogens is 1. The summed E-state index contributed by atoms with van der Waals surface area (Å²) in [6.07, 6.45) is 5.63. The van der Waals surface area contributed by atoms with Crippen LogP contribution in [0.4, 0.5) is 4.39 Å². The summed E-state index contributed by atoms with van der Waals surface area (Å²) < 4.78 is 25.9. The second-order valence-corrected chi connectivity index (χ2v) is 12.5. The molecular weight excluding hydrogens is 347 g/mol. The van der Waals surface area contributed by atoms with E-state index < -0.39 is 15.0 Å². The van der Waals surface area contributed by atoms with Crippen molar-refractivity contribution in [3.63, 3.8) is 0 Å². The minimum absolute atomic E-state index is 0.120. The van der Waals surface area contributed by atoms with E-state index in [1.165, 1.54) is 0 Å². The van der Waals surface area contributed by atoms with Crippen molar-refractivity contribution < 1.29 is 13.6 Å². The van der Waals surface area contributed by atoms with Crippen molar-refractivity contribution in [1.29, 1.82) is 0 Å². The highest BCUT2D eigenvalue weighted by Gasteiger charge is 2.39. The van der Waals surface area contributed by atoms with Crippen LogP contribution < -0.4 is 9.16 Å². The molecule has 1 heterocycles. The van der Waals surface area contributed by atoms with Gasteiger partial charge in [-0.2, -0.15) is 5.10 Å². The van der Waals surface area contributed by atoms with Crippen LogP contribution in [0.15, 0.2) is 30.5 Å². The summed E-state index contributed by atoms with van der Waals surface area (Å²) in [5.74, 6) is 1.50. The van der Waals surface area contributed by atoms with Crippen molar-refractivity contribution in [3.8, 4) is 11.5 Å². The molecule has 0 bridgehead atoms. The van der Waals surface area contributed by atoms with Gasteiger partial charge in [-0.1, -0.05) is 32.9 Å². The Labute approximate surface area is 156 Å². The minimum atomic E-state index is -1.93. The Morgan fingerprint density at radius 2 is 1.88 bits per heavy atom. The summed E-state index contributed by atoms with van der Waals surface area (Å²) in [5, 5.41) is 4.41. The number of alkyl halides is 1. The molecule has 0 spiro atoms. The maximum atomic E-state index is 12.3. The molecule has 0 aliphatic carbocycles. The van der Waals surface area contributed by atoms with Gasteiger partial charge in [-0.05, 0) is 48.0 Å². The zero-order valence-electron chi connectivity index (χ0n) is 16.5. The van der Waals surface area contributed by atoms with Crippen molar-refractivity contribution >= 4 is 20.5 Å². The van der Waals surface area contributed by atoms with E-state index in [-0.39, 0.29) is 11.6 Å². The fraction of sp³-hybridized carbons (Fsp3) is 0.450. The van der Waals surface area contributed by atoms with Crippen LogP contribution in [0, 0.1) is 0 Å². The first-order valence-corrected chi connectivity index (χ1v) is 11.7. The smallest absolute Gasteiger partial charge is 0.250 e. The molecule has 0 fully saturated rings. The molecule has 0 unspecified atom stereocenters. The lowest BCUT2D eigenvalue weighted by Crippen LogP contribution is -2.43. The van der Waals surface area contributed by atoms with E-state index in [0.29, 0.717) is 0 Å². The van der Waals surface area contributed by atoms with E-state index in [2.05, 4.69) is 39.0 Å². The minimum Gasteiger partial charge on any atom is -0.541 e. The summed E-state index contributed by atoms with van der Waals surface area (Å²) in [7, 11) is -0.276. The summed E-state index contributed by atoms with van der Waals surface area (Å²) in [6, 6.07) is 7.77. The number of aryl methyl sites for hydroxylation is 1. The third-order valence-electron chi connectivity index (χ3n) is 4.78. The van der Waals surface area contributed by atoms with Crippen molar-refractivity contribution in [3.05, 3.63) is 41.7 Å². The Kier molecular flexibility index (Phi) is 6.29. The summed E-state index contributed by atoms with van der Waals surface area (Å²) in [6.45, 7) is 10.9. The lowest BCUT2D eigenvalue weighted by molar-refractivity contribution is 0.386. The molecular formula is C20H29FN2O2Si. The van der Waals surface area contributed by atoms with Gasteiger partial charge in [-0.15, -0.1) is 0 Å². The van der Waals surface area contributed by atoms with Crippen LogP contribution in [0.2, 0.25) is 18.1 Å². The summed E-state index contributed by atoms with van der Waals surface area (Å²) in [5.41, 5.74) is 1.78. The maximum Gasteiger partial charge on any atom is 0.250 e. The van der Waals surface area contributed by atoms with Crippen LogP contribution in [-0.4, -0.2) is 31.9 Å². The third kappa shape index (κ3) is 4.97. The second kappa shape index (κ2) is 8.08. The Morgan fingerprint density at radius 3 is 2.50 bits per heavy atom. The monoisotopic (exact) mass is 376 g/mol. The predicted molar refractivity (Wildman–Crippen MR) is 108 cm³/mol. The van der Waals surface area contributed by atoms with Gasteiger partial charge in [0, 0.05) is 6.20 Å². The number of benzene rings is 1. The van der Waals surface area contributed by atoms with E-state index in [1.54, 1.807) is 18.0 Å². The van der Waals surface area contributed by atoms with Crippen LogP contribution in [0.3, 0.4) is 0 Å². The quantitative estimate of drug-likeness (QED) is 0.606. The Morgan fingerprint density at radius 1 is 1.15 bits per heavy atom. The molecule has 1 aromatic heterocycles. The SMILES string of the molecule is COc1cc(/C=C/c2ccn(CCF)n2)ccc1O[Si](C)(C)C(C)(C)C. The van der Waals surface area contributed by atoms with Gasteiger partial charge in [0.1, 0.15) is 12.4 Å². The Balaban J connectivity index is 2.18. The molecule has 0 atom stereocenters. The fourth-order valence-corrected chi connectivity index (χ4v) is 3.18. The number of aromatic nitrogens is 2. The van der Waals surface area contributed by atoms with Gasteiger partial charge in [0.25, 0.3) is 8.32 Å². The lowest BCUT2D eigenvalue weighted by Gasteiger charge is -2.36. The number of ether oxygens (including phenoxy) is 1. The largest absolute Gasteiger partial charge is 0.541 e. The number of hydrogen-bond acceptors (Lipinski definition) is 3. The van der Waals surface area contributed by atoms with Crippen LogP contribution in [0.25, 0.3) is 12.2 Å². The molecule has 0 aliphatic heterocycles. The van der Waals surface area contributed by atoms with Gasteiger partial charge in [0.2, 0.25) is 0 Å². The molecule has 26 heavy (non-hydrogen) atoms. The van der Waals surface area contributed by atoms with Gasteiger partial charge in [0.15, 0.2) is 5.75 Å². The first kappa shape index (κ1) is 20.2. The van der Waals surface area contributed by atoms with Gasteiger partial charge in [-0.3, -0.25) is 4.68 Å². The average Bonchev–Trinajstić information content (AvgIpc) is 3.00. The van der Waals surface area contributed by atoms with Gasteiger partial charge < -0.3 is 9.16 Å². The molecule has 4 nitrogen and oxygen atoms in total. The maximum absolute atomic E-state index is 12.3. The first-order chi connectivity index (χ1) is 12.2. The topological polar surface area (TPSA) is 36.3 Å². The molecule has 0 radical (unpaired) electrons. The Hall–Kier alpha value is -2.08. The Bertz CT molecular complexity index is 763. The standard InChI is InChI=1S/C20H29FN2O2Si/c1-20(2,3)26(5,6)25-18-10-8-16(15-19(18)24-4)7-9-17-11-13-23(22-17)14-12-21/h7-11,13,15H,12,14H2,1-6H3/b9-7+. The molecule has 0 saturated carbocycles. The zero-order valence-corrected chi connectivity index (χ0v) is 17.5. The fourth-order valence-electron chi connectivity index (χ4n) is 2.16. The van der Waals surface area contributed by atoms with E-state index in [1.807, 2.05) is 36.4 Å². The normalized spacial score (nSPS) is 12.6. The highest BCUT2D eigenvalue weighted by Crippen LogP contribution is 2.40. The summed E-state index contributed by atoms with van der Waals surface area (Å²) >= 11 is 0. The van der Waals surface area contributed by atoms with Crippen LogP contribution in [-0.2, 0) is 6.54 Å². The molecule has 0 aliphatic rings. The van der Waals surface area contributed by atoms with Crippen molar-refractivity contribution in [2.75, 3.05) is 13.8 Å². The van der Waals surface area contributed by atoms with Gasteiger partial charge >= 0.3 is 0 Å². The third-order valence-corrected chi connectivity index (χ3v) is 9.12. The molecule has 6 heteroatoms. The molecule has 0 N–H and O–H groups in total. The van der Waals surface area contributed by atoms with Crippen LogP contribution in [0.5, 0.6) is 11.5 Å². The van der Waals surface area contributed by atoms with Gasteiger partial charge in [-0.25, -0.2) is 4.39 Å². The number of methoxy groups -OCH3 is 1. The molecule has 2 aromatic rings.